The van der Waals surface area contributed by atoms with Crippen LogP contribution >= 0.6 is 0 Å². The number of halogens is 3. The van der Waals surface area contributed by atoms with E-state index < -0.39 is 11.7 Å². The van der Waals surface area contributed by atoms with E-state index in [1.54, 1.807) is 0 Å². The molecule has 5 nitrogen and oxygen atoms in total. The van der Waals surface area contributed by atoms with Crippen LogP contribution < -0.4 is 5.73 Å². The van der Waals surface area contributed by atoms with Crippen molar-refractivity contribution < 1.29 is 13.2 Å². The highest BCUT2D eigenvalue weighted by molar-refractivity contribution is 5.70. The molecule has 0 fully saturated rings. The summed E-state index contributed by atoms with van der Waals surface area (Å²) in [6, 6.07) is 4.94. The highest BCUT2D eigenvalue weighted by Gasteiger charge is 2.34. The van der Waals surface area contributed by atoms with Crippen LogP contribution in [-0.4, -0.2) is 19.6 Å². The lowest BCUT2D eigenvalue weighted by atomic mass is 10.0. The van der Waals surface area contributed by atoms with Crippen LogP contribution in [0.25, 0.3) is 17.0 Å². The van der Waals surface area contributed by atoms with Crippen molar-refractivity contribution >= 4 is 11.5 Å². The van der Waals surface area contributed by atoms with Crippen LogP contribution in [0.2, 0.25) is 0 Å². The number of anilines is 1. The molecule has 8 heteroatoms. The van der Waals surface area contributed by atoms with E-state index in [0.29, 0.717) is 12.2 Å². The van der Waals surface area contributed by atoms with Crippen LogP contribution in [0.3, 0.4) is 0 Å². The fourth-order valence-electron chi connectivity index (χ4n) is 2.21. The van der Waals surface area contributed by atoms with Gasteiger partial charge >= 0.3 is 6.18 Å². The molecule has 0 unspecified atom stereocenters. The fourth-order valence-corrected chi connectivity index (χ4v) is 2.21. The zero-order chi connectivity index (χ0) is 15.9. The third-order valence-electron chi connectivity index (χ3n) is 3.23. The van der Waals surface area contributed by atoms with Gasteiger partial charge in [0.2, 0.25) is 0 Å². The molecule has 2 N–H and O–H groups in total. The van der Waals surface area contributed by atoms with Gasteiger partial charge in [-0.3, -0.25) is 0 Å². The third kappa shape index (κ3) is 2.36. The van der Waals surface area contributed by atoms with Gasteiger partial charge in [0.05, 0.1) is 11.3 Å². The Kier molecular flexibility index (Phi) is 3.23. The van der Waals surface area contributed by atoms with Crippen molar-refractivity contribution in [1.82, 2.24) is 19.6 Å². The summed E-state index contributed by atoms with van der Waals surface area (Å²) in [6.45, 7) is 1.86. The van der Waals surface area contributed by atoms with Crippen molar-refractivity contribution in [1.29, 1.82) is 0 Å². The standard InChI is InChI=1S/C14H12F3N5/c1-2-12-20-13-19-6-5-11(22(13)21-12)9-7-8(18)3-4-10(9)14(15,16)17/h3-7H,2,18H2,1H3. The number of hydrogen-bond acceptors (Lipinski definition) is 4. The van der Waals surface area contributed by atoms with Gasteiger partial charge in [-0.25, -0.2) is 4.98 Å². The molecule has 0 aliphatic heterocycles. The average Bonchev–Trinajstić information content (AvgIpc) is 2.88. The van der Waals surface area contributed by atoms with E-state index in [4.69, 9.17) is 5.73 Å². The number of fused-ring (bicyclic) bond motifs is 1. The number of hydrogen-bond donors (Lipinski definition) is 1. The van der Waals surface area contributed by atoms with Gasteiger partial charge in [0.25, 0.3) is 5.78 Å². The molecule has 2 heterocycles. The second-order valence-corrected chi connectivity index (χ2v) is 4.73. The third-order valence-corrected chi connectivity index (χ3v) is 3.23. The Labute approximate surface area is 123 Å². The van der Waals surface area contributed by atoms with Crippen LogP contribution in [0.15, 0.2) is 30.5 Å². The highest BCUT2D eigenvalue weighted by atomic mass is 19.4. The minimum atomic E-state index is -4.49. The molecule has 0 atom stereocenters. The van der Waals surface area contributed by atoms with Crippen LogP contribution in [0, 0.1) is 0 Å². The molecule has 0 amide bonds. The van der Waals surface area contributed by atoms with E-state index in [-0.39, 0.29) is 22.7 Å². The van der Waals surface area contributed by atoms with Gasteiger partial charge in [-0.05, 0) is 24.3 Å². The molecule has 0 bridgehead atoms. The van der Waals surface area contributed by atoms with Gasteiger partial charge in [0, 0.05) is 23.9 Å². The van der Waals surface area contributed by atoms with E-state index in [0.717, 1.165) is 6.07 Å². The molecule has 3 rings (SSSR count). The molecule has 0 saturated carbocycles. The number of rotatable bonds is 2. The molecule has 114 valence electrons. The van der Waals surface area contributed by atoms with E-state index in [9.17, 15) is 13.2 Å². The second-order valence-electron chi connectivity index (χ2n) is 4.73. The van der Waals surface area contributed by atoms with E-state index in [1.807, 2.05) is 6.92 Å². The molecule has 3 aromatic rings. The maximum Gasteiger partial charge on any atom is 0.417 e. The highest BCUT2D eigenvalue weighted by Crippen LogP contribution is 2.37. The first kappa shape index (κ1) is 14.3. The van der Waals surface area contributed by atoms with Gasteiger partial charge in [-0.15, -0.1) is 5.10 Å². The topological polar surface area (TPSA) is 69.1 Å². The van der Waals surface area contributed by atoms with Gasteiger partial charge in [-0.2, -0.15) is 22.7 Å². The minimum absolute atomic E-state index is 0.0487. The van der Waals surface area contributed by atoms with Crippen LogP contribution in [-0.2, 0) is 12.6 Å². The first-order valence-electron chi connectivity index (χ1n) is 6.58. The molecule has 1 aromatic carbocycles. The summed E-state index contributed by atoms with van der Waals surface area (Å²) in [5, 5.41) is 4.20. The Morgan fingerprint density at radius 3 is 2.68 bits per heavy atom. The Morgan fingerprint density at radius 2 is 2.00 bits per heavy atom. The summed E-state index contributed by atoms with van der Waals surface area (Å²) in [5.74, 6) is 0.766. The monoisotopic (exact) mass is 307 g/mol. The molecular weight excluding hydrogens is 295 g/mol. The smallest absolute Gasteiger partial charge is 0.399 e. The molecule has 0 spiro atoms. The lowest BCUT2D eigenvalue weighted by Crippen LogP contribution is -2.09. The molecule has 22 heavy (non-hydrogen) atoms. The minimum Gasteiger partial charge on any atom is -0.399 e. The molecule has 0 aliphatic rings. The second kappa shape index (κ2) is 4.97. The normalized spacial score (nSPS) is 12.0. The zero-order valence-corrected chi connectivity index (χ0v) is 11.6. The Bertz CT molecular complexity index is 838. The van der Waals surface area contributed by atoms with E-state index >= 15 is 0 Å². The van der Waals surface area contributed by atoms with Crippen molar-refractivity contribution in [2.75, 3.05) is 5.73 Å². The van der Waals surface area contributed by atoms with Gasteiger partial charge in [0.1, 0.15) is 0 Å². The van der Waals surface area contributed by atoms with Gasteiger partial charge in [0.15, 0.2) is 5.82 Å². The van der Waals surface area contributed by atoms with E-state index in [2.05, 4.69) is 15.1 Å². The first-order valence-corrected chi connectivity index (χ1v) is 6.58. The summed E-state index contributed by atoms with van der Waals surface area (Å²) in [7, 11) is 0. The molecule has 0 radical (unpaired) electrons. The maximum absolute atomic E-state index is 13.2. The van der Waals surface area contributed by atoms with Crippen molar-refractivity contribution in [2.45, 2.75) is 19.5 Å². The average molecular weight is 307 g/mol. The number of nitrogens with zero attached hydrogens (tertiary/aromatic N) is 4. The number of nitrogens with two attached hydrogens (primary N) is 1. The fraction of sp³-hybridized carbons (Fsp3) is 0.214. The lowest BCUT2D eigenvalue weighted by molar-refractivity contribution is -0.137. The van der Waals surface area contributed by atoms with Crippen molar-refractivity contribution in [2.24, 2.45) is 0 Å². The first-order chi connectivity index (χ1) is 10.4. The molecular formula is C14H12F3N5. The van der Waals surface area contributed by atoms with Crippen molar-refractivity contribution in [3.05, 3.63) is 41.9 Å². The van der Waals surface area contributed by atoms with Gasteiger partial charge in [-0.1, -0.05) is 6.92 Å². The predicted octanol–water partition coefficient (Wildman–Crippen LogP) is 2.95. The number of alkyl halides is 3. The number of benzene rings is 1. The lowest BCUT2D eigenvalue weighted by Gasteiger charge is -2.14. The Hall–Kier alpha value is -2.64. The predicted molar refractivity (Wildman–Crippen MR) is 75.0 cm³/mol. The molecule has 0 saturated heterocycles. The summed E-state index contributed by atoms with van der Waals surface area (Å²) in [5.41, 5.74) is 5.32. The molecule has 0 aliphatic carbocycles. The number of aryl methyl sites for hydroxylation is 1. The summed E-state index contributed by atoms with van der Waals surface area (Å²) >= 11 is 0. The maximum atomic E-state index is 13.2. The summed E-state index contributed by atoms with van der Waals surface area (Å²) in [6.07, 6.45) is -2.53. The SMILES string of the molecule is CCc1nc2nccc(-c3cc(N)ccc3C(F)(F)F)n2n1. The Morgan fingerprint density at radius 1 is 1.23 bits per heavy atom. The Balaban J connectivity index is 2.32. The van der Waals surface area contributed by atoms with Crippen LogP contribution in [0.1, 0.15) is 18.3 Å². The summed E-state index contributed by atoms with van der Waals surface area (Å²) < 4.78 is 41.0. The van der Waals surface area contributed by atoms with Crippen molar-refractivity contribution in [3.8, 4) is 11.3 Å². The largest absolute Gasteiger partial charge is 0.417 e. The summed E-state index contributed by atoms with van der Waals surface area (Å²) in [4.78, 5) is 8.19. The van der Waals surface area contributed by atoms with Crippen molar-refractivity contribution in [3.63, 3.8) is 0 Å². The number of nitrogen functional groups attached to an aromatic ring is 1. The molecule has 2 aromatic heterocycles. The quantitative estimate of drug-likeness (QED) is 0.739. The van der Waals surface area contributed by atoms with Gasteiger partial charge < -0.3 is 5.73 Å². The van der Waals surface area contributed by atoms with Crippen LogP contribution in [0.4, 0.5) is 18.9 Å². The van der Waals surface area contributed by atoms with Crippen LogP contribution in [0.5, 0.6) is 0 Å². The number of aromatic nitrogens is 4. The zero-order valence-electron chi connectivity index (χ0n) is 11.6. The van der Waals surface area contributed by atoms with E-state index in [1.165, 1.54) is 28.9 Å².